The summed E-state index contributed by atoms with van der Waals surface area (Å²) in [6.45, 7) is 5.85. The zero-order chi connectivity index (χ0) is 19.1. The molecule has 0 spiro atoms. The molecule has 3 rings (SSSR count). The van der Waals surface area contributed by atoms with Crippen molar-refractivity contribution in [3.05, 3.63) is 29.5 Å². The molecule has 1 saturated heterocycles. The Labute approximate surface area is 158 Å². The summed E-state index contributed by atoms with van der Waals surface area (Å²) >= 11 is 0. The molecular weight excluding hydrogens is 348 g/mol. The largest absolute Gasteiger partial charge is 0.467 e. The first-order valence-corrected chi connectivity index (χ1v) is 9.08. The van der Waals surface area contributed by atoms with Crippen LogP contribution in [0.1, 0.15) is 35.8 Å². The average Bonchev–Trinajstić information content (AvgIpc) is 3.20. The van der Waals surface area contributed by atoms with Crippen LogP contribution in [0.4, 0.5) is 5.95 Å². The summed E-state index contributed by atoms with van der Waals surface area (Å²) < 4.78 is 16.5. The first-order valence-electron chi connectivity index (χ1n) is 9.08. The van der Waals surface area contributed by atoms with Gasteiger partial charge in [-0.2, -0.15) is 0 Å². The van der Waals surface area contributed by atoms with Gasteiger partial charge in [0.25, 0.3) is 0 Å². The Morgan fingerprint density at radius 3 is 2.96 bits per heavy atom. The molecule has 0 amide bonds. The Morgan fingerprint density at radius 1 is 1.37 bits per heavy atom. The zero-order valence-electron chi connectivity index (χ0n) is 15.6. The van der Waals surface area contributed by atoms with E-state index >= 15 is 0 Å². The van der Waals surface area contributed by atoms with Crippen molar-refractivity contribution in [1.29, 1.82) is 0 Å². The lowest BCUT2D eigenvalue weighted by molar-refractivity contribution is 0.0227. The van der Waals surface area contributed by atoms with Crippen LogP contribution in [0.3, 0.4) is 0 Å². The van der Waals surface area contributed by atoms with Crippen molar-refractivity contribution in [2.45, 2.75) is 32.8 Å². The number of hydrogen-bond donors (Lipinski definition) is 1. The van der Waals surface area contributed by atoms with Crippen molar-refractivity contribution in [3.8, 4) is 17.0 Å². The number of benzene rings is 1. The highest BCUT2D eigenvalue weighted by Crippen LogP contribution is 2.31. The fourth-order valence-corrected chi connectivity index (χ4v) is 2.85. The molecule has 144 valence electrons. The normalized spacial score (nSPS) is 16.3. The summed E-state index contributed by atoms with van der Waals surface area (Å²) in [5.74, 6) is 0.973. The molecule has 0 bridgehead atoms. The predicted molar refractivity (Wildman–Crippen MR) is 100.0 cm³/mol. The Hall–Kier alpha value is -2.58. The van der Waals surface area contributed by atoms with E-state index in [4.69, 9.17) is 14.2 Å². The number of rotatable bonds is 9. The number of nitrogens with zero attached hydrogens (tertiary/aromatic N) is 3. The minimum absolute atomic E-state index is 0.0900. The molecule has 0 saturated carbocycles. The average molecular weight is 372 g/mol. The maximum absolute atomic E-state index is 11.1. The van der Waals surface area contributed by atoms with E-state index < -0.39 is 0 Å². The fraction of sp³-hybridized carbons (Fsp3) is 0.474. The smallest absolute Gasteiger partial charge is 0.243 e. The molecule has 2 aromatic rings. The number of nitrogens with one attached hydrogen (secondary N) is 1. The molecular formula is C19H24N4O4. The maximum Gasteiger partial charge on any atom is 0.243 e. The molecule has 1 aromatic heterocycles. The quantitative estimate of drug-likeness (QED) is 0.408. The molecule has 8 heteroatoms. The van der Waals surface area contributed by atoms with Crippen molar-refractivity contribution in [2.75, 3.05) is 31.9 Å². The van der Waals surface area contributed by atoms with Gasteiger partial charge in [0.1, 0.15) is 17.7 Å². The summed E-state index contributed by atoms with van der Waals surface area (Å²) in [4.78, 5) is 15.6. The molecule has 1 N–H and O–H groups in total. The van der Waals surface area contributed by atoms with Gasteiger partial charge in [0.2, 0.25) is 5.95 Å². The van der Waals surface area contributed by atoms with E-state index in [-0.39, 0.29) is 12.9 Å². The lowest BCUT2D eigenvalue weighted by atomic mass is 10.1. The summed E-state index contributed by atoms with van der Waals surface area (Å²) in [6.07, 6.45) is 3.10. The van der Waals surface area contributed by atoms with Gasteiger partial charge in [-0.15, -0.1) is 10.2 Å². The van der Waals surface area contributed by atoms with Crippen LogP contribution in [-0.2, 0) is 9.47 Å². The van der Waals surface area contributed by atoms with Crippen LogP contribution < -0.4 is 10.1 Å². The van der Waals surface area contributed by atoms with E-state index in [0.717, 1.165) is 25.7 Å². The van der Waals surface area contributed by atoms with Gasteiger partial charge in [-0.3, -0.25) is 4.79 Å². The Bertz CT molecular complexity index is 778. The lowest BCUT2D eigenvalue weighted by Gasteiger charge is -2.14. The van der Waals surface area contributed by atoms with Crippen LogP contribution in [0.2, 0.25) is 0 Å². The predicted octanol–water partition coefficient (Wildman–Crippen LogP) is 2.62. The van der Waals surface area contributed by atoms with Gasteiger partial charge in [-0.1, -0.05) is 6.07 Å². The van der Waals surface area contributed by atoms with Gasteiger partial charge in [-0.25, -0.2) is 4.98 Å². The highest BCUT2D eigenvalue weighted by molar-refractivity contribution is 5.79. The lowest BCUT2D eigenvalue weighted by Crippen LogP contribution is -2.20. The molecule has 1 aliphatic rings. The van der Waals surface area contributed by atoms with E-state index in [2.05, 4.69) is 20.5 Å². The van der Waals surface area contributed by atoms with E-state index in [9.17, 15) is 4.79 Å². The molecule has 1 atom stereocenters. The Balaban J connectivity index is 1.78. The third-order valence-electron chi connectivity index (χ3n) is 4.27. The van der Waals surface area contributed by atoms with Gasteiger partial charge in [-0.05, 0) is 38.8 Å². The van der Waals surface area contributed by atoms with Crippen molar-refractivity contribution in [2.24, 2.45) is 0 Å². The third-order valence-corrected chi connectivity index (χ3v) is 4.27. The second kappa shape index (κ2) is 9.38. The first-order chi connectivity index (χ1) is 13.2. The molecule has 1 aromatic carbocycles. The number of carbonyl (C=O) groups excluding carboxylic acids is 1. The van der Waals surface area contributed by atoms with Crippen LogP contribution in [-0.4, -0.2) is 54.1 Å². The van der Waals surface area contributed by atoms with Crippen LogP contribution in [0.5, 0.6) is 5.75 Å². The van der Waals surface area contributed by atoms with Gasteiger partial charge in [0.05, 0.1) is 11.8 Å². The highest BCUT2D eigenvalue weighted by Gasteiger charge is 2.17. The standard InChI is InChI=1S/C19H24N4O4/c1-3-25-12-27-17-9-14(11-24)6-7-16(17)18-13(2)21-19(23-22-18)20-10-15-5-4-8-26-15/h6-7,9,11,15H,3-5,8,10,12H2,1-2H3,(H,20,21,23)/t15-/m0/s1. The van der Waals surface area contributed by atoms with E-state index in [0.29, 0.717) is 47.4 Å². The fourth-order valence-electron chi connectivity index (χ4n) is 2.85. The topological polar surface area (TPSA) is 95.5 Å². The summed E-state index contributed by atoms with van der Waals surface area (Å²) in [5, 5.41) is 11.7. The van der Waals surface area contributed by atoms with Crippen molar-refractivity contribution >= 4 is 12.2 Å². The second-order valence-corrected chi connectivity index (χ2v) is 6.21. The van der Waals surface area contributed by atoms with Gasteiger partial charge in [0.15, 0.2) is 6.79 Å². The van der Waals surface area contributed by atoms with Crippen molar-refractivity contribution in [1.82, 2.24) is 15.2 Å². The van der Waals surface area contributed by atoms with Crippen molar-refractivity contribution < 1.29 is 19.0 Å². The highest BCUT2D eigenvalue weighted by atomic mass is 16.7. The van der Waals surface area contributed by atoms with E-state index in [1.165, 1.54) is 0 Å². The van der Waals surface area contributed by atoms with Crippen LogP contribution >= 0.6 is 0 Å². The number of anilines is 1. The number of aryl methyl sites for hydroxylation is 1. The van der Waals surface area contributed by atoms with Crippen LogP contribution in [0, 0.1) is 6.92 Å². The molecule has 0 radical (unpaired) electrons. The van der Waals surface area contributed by atoms with Gasteiger partial charge < -0.3 is 19.5 Å². The summed E-state index contributed by atoms with van der Waals surface area (Å²) in [7, 11) is 0. The number of aromatic nitrogens is 3. The molecule has 0 aliphatic carbocycles. The molecule has 1 aliphatic heterocycles. The summed E-state index contributed by atoms with van der Waals surface area (Å²) in [6, 6.07) is 5.15. The van der Waals surface area contributed by atoms with Gasteiger partial charge >= 0.3 is 0 Å². The molecule has 2 heterocycles. The number of ether oxygens (including phenoxy) is 3. The Morgan fingerprint density at radius 2 is 2.26 bits per heavy atom. The van der Waals surface area contributed by atoms with Crippen LogP contribution in [0.15, 0.2) is 18.2 Å². The van der Waals surface area contributed by atoms with Crippen LogP contribution in [0.25, 0.3) is 11.3 Å². The van der Waals surface area contributed by atoms with E-state index in [1.54, 1.807) is 18.2 Å². The molecule has 0 unspecified atom stereocenters. The monoisotopic (exact) mass is 372 g/mol. The van der Waals surface area contributed by atoms with Crippen molar-refractivity contribution in [3.63, 3.8) is 0 Å². The molecule has 8 nitrogen and oxygen atoms in total. The summed E-state index contributed by atoms with van der Waals surface area (Å²) in [5.41, 5.74) is 2.53. The Kier molecular flexibility index (Phi) is 6.67. The molecule has 1 fully saturated rings. The maximum atomic E-state index is 11.1. The molecule has 27 heavy (non-hydrogen) atoms. The minimum atomic E-state index is 0.0900. The second-order valence-electron chi connectivity index (χ2n) is 6.21. The first kappa shape index (κ1) is 19.2. The number of aldehydes is 1. The zero-order valence-corrected chi connectivity index (χ0v) is 15.6. The minimum Gasteiger partial charge on any atom is -0.467 e. The number of carbonyl (C=O) groups is 1. The third kappa shape index (κ3) is 4.99. The SMILES string of the molecule is CCOCOc1cc(C=O)ccc1-c1nnc(NC[C@@H]2CCCO2)nc1C. The van der Waals surface area contributed by atoms with E-state index in [1.807, 2.05) is 13.8 Å². The van der Waals surface area contributed by atoms with Gasteiger partial charge in [0, 0.05) is 30.9 Å². The number of hydrogen-bond acceptors (Lipinski definition) is 8.